The molecule has 0 fully saturated rings. The molecule has 0 aliphatic rings. The molecule has 0 atom stereocenters. The summed E-state index contributed by atoms with van der Waals surface area (Å²) in [7, 11) is 1.60. The summed E-state index contributed by atoms with van der Waals surface area (Å²) < 4.78 is 17.1. The summed E-state index contributed by atoms with van der Waals surface area (Å²) in [5.74, 6) is 1.92. The molecule has 6 nitrogen and oxygen atoms in total. The fraction of sp³-hybridized carbons (Fsp3) is 0.0800. The summed E-state index contributed by atoms with van der Waals surface area (Å²) in [6.07, 6.45) is 0. The molecule has 0 unspecified atom stereocenters. The molecule has 5 rings (SSSR count). The molecular weight excluding hydrogens is 392 g/mol. The highest BCUT2D eigenvalue weighted by Gasteiger charge is 2.19. The minimum atomic E-state index is -0.0884. The first-order valence-corrected chi connectivity index (χ1v) is 9.76. The van der Waals surface area contributed by atoms with E-state index >= 15 is 0 Å². The normalized spacial score (nSPS) is 11.0. The molecule has 0 aliphatic carbocycles. The van der Waals surface area contributed by atoms with E-state index in [4.69, 9.17) is 13.7 Å². The number of fused-ring (bicyclic) bond motifs is 1. The largest absolute Gasteiger partial charge is 0.497 e. The molecule has 0 spiro atoms. The Labute approximate surface area is 177 Å². The van der Waals surface area contributed by atoms with Crippen molar-refractivity contribution < 1.29 is 13.7 Å². The van der Waals surface area contributed by atoms with E-state index in [0.29, 0.717) is 39.4 Å². The van der Waals surface area contributed by atoms with Gasteiger partial charge in [0.25, 0.3) is 5.89 Å². The molecule has 2 aromatic heterocycles. The Kier molecular flexibility index (Phi) is 4.59. The van der Waals surface area contributed by atoms with Gasteiger partial charge in [0.15, 0.2) is 11.0 Å². The molecule has 0 amide bonds. The summed E-state index contributed by atoms with van der Waals surface area (Å²) in [5, 5.41) is 4.57. The van der Waals surface area contributed by atoms with Crippen LogP contribution < -0.4 is 10.2 Å². The summed E-state index contributed by atoms with van der Waals surface area (Å²) in [6.45, 7) is 1.77. The smallest absolute Gasteiger partial charge is 0.262 e. The average Bonchev–Trinajstić information content (AvgIpc) is 3.32. The molecule has 0 aliphatic heterocycles. The molecule has 6 heteroatoms. The van der Waals surface area contributed by atoms with Crippen molar-refractivity contribution in [1.29, 1.82) is 0 Å². The predicted octanol–water partition coefficient (Wildman–Crippen LogP) is 5.49. The first-order valence-electron chi connectivity index (χ1n) is 9.76. The quantitative estimate of drug-likeness (QED) is 0.390. The van der Waals surface area contributed by atoms with Crippen molar-refractivity contribution in [1.82, 2.24) is 10.1 Å². The van der Waals surface area contributed by atoms with Gasteiger partial charge in [-0.15, -0.1) is 0 Å². The zero-order valence-corrected chi connectivity index (χ0v) is 17.0. The third kappa shape index (κ3) is 3.28. The SMILES string of the molecule is COc1cccc(-c2noc(-c3cccc4c(=O)c(C)c(-c5ccccc5)oc34)n2)c1. The van der Waals surface area contributed by atoms with E-state index < -0.39 is 0 Å². The van der Waals surface area contributed by atoms with Crippen LogP contribution in [0.2, 0.25) is 0 Å². The Morgan fingerprint density at radius 2 is 1.68 bits per heavy atom. The molecule has 31 heavy (non-hydrogen) atoms. The van der Waals surface area contributed by atoms with Crippen molar-refractivity contribution in [2.45, 2.75) is 6.92 Å². The second-order valence-corrected chi connectivity index (χ2v) is 7.09. The van der Waals surface area contributed by atoms with Crippen LogP contribution in [0.25, 0.3) is 45.1 Å². The maximum atomic E-state index is 13.1. The van der Waals surface area contributed by atoms with Gasteiger partial charge in [0.2, 0.25) is 5.82 Å². The second kappa shape index (κ2) is 7.57. The molecule has 2 heterocycles. The van der Waals surface area contributed by atoms with Crippen molar-refractivity contribution in [3.8, 4) is 39.9 Å². The molecule has 0 bridgehead atoms. The number of ether oxygens (including phenoxy) is 1. The lowest BCUT2D eigenvalue weighted by atomic mass is 10.0. The molecular formula is C25H18N2O4. The van der Waals surface area contributed by atoms with Crippen molar-refractivity contribution in [3.05, 3.63) is 88.6 Å². The van der Waals surface area contributed by atoms with Crippen LogP contribution in [0.4, 0.5) is 0 Å². The highest BCUT2D eigenvalue weighted by atomic mass is 16.5. The van der Waals surface area contributed by atoms with Gasteiger partial charge in [-0.2, -0.15) is 4.98 Å². The number of methoxy groups -OCH3 is 1. The van der Waals surface area contributed by atoms with Gasteiger partial charge >= 0.3 is 0 Å². The maximum Gasteiger partial charge on any atom is 0.262 e. The zero-order valence-electron chi connectivity index (χ0n) is 17.0. The molecule has 0 N–H and O–H groups in total. The minimum Gasteiger partial charge on any atom is -0.497 e. The number of aromatic nitrogens is 2. The summed E-state index contributed by atoms with van der Waals surface area (Å²) in [4.78, 5) is 17.6. The van der Waals surface area contributed by atoms with Crippen LogP contribution in [0.3, 0.4) is 0 Å². The van der Waals surface area contributed by atoms with E-state index in [0.717, 1.165) is 11.1 Å². The molecule has 152 valence electrons. The lowest BCUT2D eigenvalue weighted by Crippen LogP contribution is -2.07. The summed E-state index contributed by atoms with van der Waals surface area (Å²) in [6, 6.07) is 22.3. The van der Waals surface area contributed by atoms with Crippen LogP contribution in [-0.4, -0.2) is 17.3 Å². The van der Waals surface area contributed by atoms with Crippen LogP contribution in [0, 0.1) is 6.92 Å². The van der Waals surface area contributed by atoms with Gasteiger partial charge in [-0.05, 0) is 31.2 Å². The molecule has 0 radical (unpaired) electrons. The van der Waals surface area contributed by atoms with Gasteiger partial charge in [-0.3, -0.25) is 4.79 Å². The summed E-state index contributed by atoms with van der Waals surface area (Å²) >= 11 is 0. The second-order valence-electron chi connectivity index (χ2n) is 7.09. The molecule has 0 saturated heterocycles. The number of nitrogens with zero attached hydrogens (tertiary/aromatic N) is 2. The van der Waals surface area contributed by atoms with Crippen LogP contribution in [0.1, 0.15) is 5.56 Å². The van der Waals surface area contributed by atoms with Crippen molar-refractivity contribution in [2.24, 2.45) is 0 Å². The van der Waals surface area contributed by atoms with Gasteiger partial charge in [-0.1, -0.05) is 53.7 Å². The van der Waals surface area contributed by atoms with Gasteiger partial charge in [0.05, 0.1) is 18.1 Å². The van der Waals surface area contributed by atoms with Crippen molar-refractivity contribution in [3.63, 3.8) is 0 Å². The number of hydrogen-bond donors (Lipinski definition) is 0. The monoisotopic (exact) mass is 410 g/mol. The highest BCUT2D eigenvalue weighted by Crippen LogP contribution is 2.32. The van der Waals surface area contributed by atoms with Crippen LogP contribution >= 0.6 is 0 Å². The Morgan fingerprint density at radius 3 is 2.48 bits per heavy atom. The third-order valence-electron chi connectivity index (χ3n) is 5.17. The maximum absolute atomic E-state index is 13.1. The first-order chi connectivity index (χ1) is 15.2. The Hall–Kier alpha value is -4.19. The zero-order chi connectivity index (χ0) is 21.4. The standard InChI is InChI=1S/C25H18N2O4/c1-15-21(28)19-12-7-13-20(23(19)30-22(15)16-8-4-3-5-9-16)25-26-24(27-31-25)17-10-6-11-18(14-17)29-2/h3-14H,1-2H3. The van der Waals surface area contributed by atoms with Gasteiger partial charge < -0.3 is 13.7 Å². The Bertz CT molecular complexity index is 1450. The first kappa shape index (κ1) is 18.8. The van der Waals surface area contributed by atoms with Crippen molar-refractivity contribution >= 4 is 11.0 Å². The minimum absolute atomic E-state index is 0.0884. The van der Waals surface area contributed by atoms with E-state index in [1.807, 2.05) is 54.6 Å². The fourth-order valence-corrected chi connectivity index (χ4v) is 3.56. The molecule has 0 saturated carbocycles. The molecule has 3 aromatic carbocycles. The number of para-hydroxylation sites is 1. The van der Waals surface area contributed by atoms with E-state index in [1.54, 1.807) is 32.2 Å². The Balaban J connectivity index is 1.68. The number of benzene rings is 3. The van der Waals surface area contributed by atoms with E-state index in [2.05, 4.69) is 10.1 Å². The van der Waals surface area contributed by atoms with E-state index in [-0.39, 0.29) is 11.3 Å². The van der Waals surface area contributed by atoms with Gasteiger partial charge in [0.1, 0.15) is 11.5 Å². The van der Waals surface area contributed by atoms with Crippen LogP contribution in [0.5, 0.6) is 5.75 Å². The van der Waals surface area contributed by atoms with E-state index in [9.17, 15) is 4.79 Å². The summed E-state index contributed by atoms with van der Waals surface area (Å²) in [5.41, 5.74) is 3.03. The van der Waals surface area contributed by atoms with Crippen LogP contribution in [-0.2, 0) is 0 Å². The van der Waals surface area contributed by atoms with Crippen molar-refractivity contribution in [2.75, 3.05) is 7.11 Å². The van der Waals surface area contributed by atoms with Gasteiger partial charge in [-0.25, -0.2) is 0 Å². The topological polar surface area (TPSA) is 78.4 Å². The number of hydrogen-bond acceptors (Lipinski definition) is 6. The van der Waals surface area contributed by atoms with Gasteiger partial charge in [0, 0.05) is 16.7 Å². The lowest BCUT2D eigenvalue weighted by molar-refractivity contribution is 0.414. The fourth-order valence-electron chi connectivity index (χ4n) is 3.56. The third-order valence-corrected chi connectivity index (χ3v) is 5.17. The van der Waals surface area contributed by atoms with E-state index in [1.165, 1.54) is 0 Å². The Morgan fingerprint density at radius 1 is 0.903 bits per heavy atom. The number of rotatable bonds is 4. The average molecular weight is 410 g/mol. The highest BCUT2D eigenvalue weighted by molar-refractivity contribution is 5.91. The lowest BCUT2D eigenvalue weighted by Gasteiger charge is -2.08. The molecule has 5 aromatic rings. The van der Waals surface area contributed by atoms with Crippen LogP contribution in [0.15, 0.2) is 86.5 Å². The predicted molar refractivity (Wildman–Crippen MR) is 118 cm³/mol.